The van der Waals surface area contributed by atoms with Crippen molar-refractivity contribution < 1.29 is 53.0 Å². The zero-order valence-electron chi connectivity index (χ0n) is 20.2. The van der Waals surface area contributed by atoms with Gasteiger partial charge < -0.3 is 10.2 Å². The van der Waals surface area contributed by atoms with E-state index in [9.17, 15) is 13.5 Å². The molecule has 0 amide bonds. The first-order valence-electron chi connectivity index (χ1n) is 10.3. The van der Waals surface area contributed by atoms with Gasteiger partial charge in [0.15, 0.2) is 0 Å². The fraction of sp³-hybridized carbons (Fsp3) is 0.280. The van der Waals surface area contributed by atoms with Gasteiger partial charge >= 0.3 is 29.6 Å². The van der Waals surface area contributed by atoms with E-state index in [-0.39, 0.29) is 58.7 Å². The van der Waals surface area contributed by atoms with Crippen LogP contribution in [0, 0.1) is 0 Å². The third kappa shape index (κ3) is 9.19. The normalized spacial score (nSPS) is 11.2. The quantitative estimate of drug-likeness (QED) is 0.513. The molecule has 0 unspecified atom stereocenters. The van der Waals surface area contributed by atoms with Crippen LogP contribution in [0.4, 0.5) is 0 Å². The molecular weight excluding hydrogens is 463 g/mol. The predicted octanol–water partition coefficient (Wildman–Crippen LogP) is 0.939. The van der Waals surface area contributed by atoms with Gasteiger partial charge in [0.1, 0.15) is 4.90 Å². The molecule has 9 heteroatoms. The van der Waals surface area contributed by atoms with Crippen molar-refractivity contribution in [2.75, 3.05) is 0 Å². The standard InChI is InChI=1S/C23H26N2O3S.C2H4O2.Na/c1-23(2,3)20-11-9-18(10-12-20)16-25(17-19-6-4-7-21(26)14-19)29(27,28)22-8-5-13-24-15-22;1-2(3)4;/h4-15,26H,16-17H2,1-3H3;1H3,(H,3,4);/q;;+1/p-1. The van der Waals surface area contributed by atoms with Crippen molar-refractivity contribution in [2.24, 2.45) is 0 Å². The molecule has 3 aromatic rings. The maximum absolute atomic E-state index is 13.3. The minimum Gasteiger partial charge on any atom is -0.872 e. The molecule has 1 aromatic heterocycles. The number of pyridine rings is 1. The van der Waals surface area contributed by atoms with Crippen molar-refractivity contribution in [3.63, 3.8) is 0 Å². The summed E-state index contributed by atoms with van der Waals surface area (Å²) in [6.45, 7) is 7.80. The number of carboxylic acids is 1. The number of nitrogens with zero attached hydrogens (tertiary/aromatic N) is 2. The summed E-state index contributed by atoms with van der Waals surface area (Å²) in [4.78, 5) is 13.1. The van der Waals surface area contributed by atoms with Crippen LogP contribution in [0.5, 0.6) is 5.75 Å². The van der Waals surface area contributed by atoms with E-state index in [4.69, 9.17) is 9.90 Å². The van der Waals surface area contributed by atoms with Crippen LogP contribution in [0.15, 0.2) is 78.0 Å². The van der Waals surface area contributed by atoms with E-state index in [2.05, 4.69) is 25.8 Å². The summed E-state index contributed by atoms with van der Waals surface area (Å²) in [7, 11) is -3.78. The topological polar surface area (TPSA) is 111 Å². The first kappa shape index (κ1) is 29.8. The summed E-state index contributed by atoms with van der Waals surface area (Å²) in [6.07, 6.45) is 2.88. The fourth-order valence-electron chi connectivity index (χ4n) is 3.04. The second kappa shape index (κ2) is 13.0. The second-order valence-corrected chi connectivity index (χ2v) is 10.5. The molecule has 0 aliphatic heterocycles. The van der Waals surface area contributed by atoms with Crippen molar-refractivity contribution in [2.45, 2.75) is 51.1 Å². The van der Waals surface area contributed by atoms with E-state index in [1.807, 2.05) is 24.3 Å². The molecule has 0 saturated carbocycles. The van der Waals surface area contributed by atoms with E-state index >= 15 is 0 Å². The molecule has 0 atom stereocenters. The van der Waals surface area contributed by atoms with E-state index < -0.39 is 16.0 Å². The number of aliphatic carboxylic acids is 1. The van der Waals surface area contributed by atoms with Crippen LogP contribution in [0.2, 0.25) is 0 Å². The van der Waals surface area contributed by atoms with Crippen molar-refractivity contribution in [1.82, 2.24) is 9.29 Å². The summed E-state index contributed by atoms with van der Waals surface area (Å²) < 4.78 is 27.9. The van der Waals surface area contributed by atoms with Gasteiger partial charge in [-0.1, -0.05) is 69.3 Å². The Kier molecular flexibility index (Phi) is 11.4. The average molecular weight is 493 g/mol. The second-order valence-electron chi connectivity index (χ2n) is 8.58. The number of benzene rings is 2. The summed E-state index contributed by atoms with van der Waals surface area (Å²) in [5, 5.41) is 19.1. The Morgan fingerprint density at radius 3 is 2.09 bits per heavy atom. The van der Waals surface area contributed by atoms with Crippen molar-refractivity contribution in [3.05, 3.63) is 89.7 Å². The van der Waals surface area contributed by atoms with Crippen molar-refractivity contribution >= 4 is 16.0 Å². The van der Waals surface area contributed by atoms with E-state index in [1.165, 1.54) is 40.5 Å². The van der Waals surface area contributed by atoms with Crippen LogP contribution in [0.25, 0.3) is 0 Å². The van der Waals surface area contributed by atoms with Crippen molar-refractivity contribution in [1.29, 1.82) is 0 Å². The Morgan fingerprint density at radius 1 is 1.00 bits per heavy atom. The molecule has 1 N–H and O–H groups in total. The van der Waals surface area contributed by atoms with Crippen LogP contribution in [-0.4, -0.2) is 28.8 Å². The van der Waals surface area contributed by atoms with E-state index in [0.717, 1.165) is 12.5 Å². The number of carbonyl (C=O) groups is 1. The van der Waals surface area contributed by atoms with Crippen LogP contribution >= 0.6 is 0 Å². The Morgan fingerprint density at radius 2 is 1.59 bits per heavy atom. The third-order valence-corrected chi connectivity index (χ3v) is 6.48. The van der Waals surface area contributed by atoms with Crippen LogP contribution < -0.4 is 34.7 Å². The van der Waals surface area contributed by atoms with Gasteiger partial charge in [-0.15, -0.1) is 5.75 Å². The monoisotopic (exact) mass is 492 g/mol. The smallest absolute Gasteiger partial charge is 0.872 e. The fourth-order valence-corrected chi connectivity index (χ4v) is 4.42. The molecule has 3 rings (SSSR count). The summed E-state index contributed by atoms with van der Waals surface area (Å²) in [5.74, 6) is -0.976. The van der Waals surface area contributed by atoms with Crippen LogP contribution in [0.1, 0.15) is 44.4 Å². The van der Waals surface area contributed by atoms with Crippen LogP contribution in [-0.2, 0) is 33.3 Å². The number of rotatable bonds is 6. The molecular formula is C25H29N2NaO5S. The number of hydrogen-bond acceptors (Lipinski definition) is 5. The molecule has 7 nitrogen and oxygen atoms in total. The third-order valence-electron chi connectivity index (χ3n) is 4.71. The first-order chi connectivity index (χ1) is 15.4. The molecule has 34 heavy (non-hydrogen) atoms. The molecule has 0 aliphatic carbocycles. The zero-order valence-corrected chi connectivity index (χ0v) is 23.0. The van der Waals surface area contributed by atoms with Crippen molar-refractivity contribution in [3.8, 4) is 5.75 Å². The average Bonchev–Trinajstić information content (AvgIpc) is 2.73. The maximum Gasteiger partial charge on any atom is 1.00 e. The molecule has 0 aliphatic rings. The molecule has 1 heterocycles. The number of aromatic nitrogens is 1. The van der Waals surface area contributed by atoms with Gasteiger partial charge in [0, 0.05) is 32.4 Å². The first-order valence-corrected chi connectivity index (χ1v) is 11.8. The summed E-state index contributed by atoms with van der Waals surface area (Å²) in [6, 6.07) is 17.4. The number of sulfonamides is 1. The Balaban J connectivity index is 0.00000107. The molecule has 0 spiro atoms. The van der Waals surface area contributed by atoms with Gasteiger partial charge in [-0.05, 0) is 34.2 Å². The summed E-state index contributed by atoms with van der Waals surface area (Å²) in [5.41, 5.74) is 2.73. The van der Waals surface area contributed by atoms with Gasteiger partial charge in [0.25, 0.3) is 5.97 Å². The van der Waals surface area contributed by atoms with Gasteiger partial charge in [0.05, 0.1) is 0 Å². The predicted molar refractivity (Wildman–Crippen MR) is 125 cm³/mol. The molecule has 0 saturated heterocycles. The van der Waals surface area contributed by atoms with Gasteiger partial charge in [-0.25, -0.2) is 8.42 Å². The molecule has 176 valence electrons. The van der Waals surface area contributed by atoms with E-state index in [0.29, 0.717) is 5.56 Å². The van der Waals surface area contributed by atoms with Gasteiger partial charge in [-0.3, -0.25) is 9.78 Å². The largest absolute Gasteiger partial charge is 1.00 e. The Hall–Kier alpha value is -2.23. The Labute approximate surface area is 223 Å². The van der Waals surface area contributed by atoms with Crippen LogP contribution in [0.3, 0.4) is 0 Å². The number of carboxylic acid groups (broad SMARTS) is 1. The number of hydrogen-bond donors (Lipinski definition) is 1. The minimum atomic E-state index is -3.78. The minimum absolute atomic E-state index is 0. The summed E-state index contributed by atoms with van der Waals surface area (Å²) >= 11 is 0. The van der Waals surface area contributed by atoms with Gasteiger partial charge in [0.2, 0.25) is 10.0 Å². The molecule has 0 fully saturated rings. The maximum atomic E-state index is 13.3. The SMILES string of the molecule is CC(=O)O.CC(C)(C)c1ccc(CN(Cc2cccc([O-])c2)S(=O)(=O)c2cccnc2)cc1.[Na+]. The Bertz CT molecular complexity index is 1160. The van der Waals surface area contributed by atoms with Gasteiger partial charge in [-0.2, -0.15) is 4.31 Å². The zero-order chi connectivity index (χ0) is 24.6. The molecule has 2 aromatic carbocycles. The molecule has 0 bridgehead atoms. The molecule has 0 radical (unpaired) electrons. The van der Waals surface area contributed by atoms with E-state index in [1.54, 1.807) is 18.2 Å².